The Morgan fingerprint density at radius 3 is 2.53 bits per heavy atom. The van der Waals surface area contributed by atoms with Crippen LogP contribution in [0.4, 0.5) is 17.6 Å². The maximum atomic E-state index is 13.5. The Morgan fingerprint density at radius 1 is 1.09 bits per heavy atom. The second kappa shape index (κ2) is 8.23. The lowest BCUT2D eigenvalue weighted by Gasteiger charge is -2.21. The van der Waals surface area contributed by atoms with Crippen LogP contribution in [-0.2, 0) is 0 Å². The van der Waals surface area contributed by atoms with Gasteiger partial charge in [0, 0.05) is 0 Å². The third-order valence-corrected chi connectivity index (χ3v) is 4.93. The van der Waals surface area contributed by atoms with E-state index in [1.807, 2.05) is 36.4 Å². The van der Waals surface area contributed by atoms with E-state index >= 15 is 0 Å². The van der Waals surface area contributed by atoms with Crippen molar-refractivity contribution in [1.29, 1.82) is 5.26 Å². The summed E-state index contributed by atoms with van der Waals surface area (Å²) in [5.41, 5.74) is 12.4. The minimum absolute atomic E-state index is 0.0386. The van der Waals surface area contributed by atoms with E-state index in [1.165, 1.54) is 11.7 Å². The van der Waals surface area contributed by atoms with Gasteiger partial charge in [-0.1, -0.05) is 24.3 Å². The first-order valence-electron chi connectivity index (χ1n) is 9.69. The van der Waals surface area contributed by atoms with Crippen molar-refractivity contribution in [3.63, 3.8) is 0 Å². The van der Waals surface area contributed by atoms with Crippen molar-refractivity contribution in [3.8, 4) is 17.5 Å². The molecule has 1 unspecified atom stereocenters. The number of ether oxygens (including phenoxy) is 1. The molecule has 0 aliphatic rings. The maximum absolute atomic E-state index is 13.5. The number of para-hydroxylation sites is 2. The van der Waals surface area contributed by atoms with Crippen LogP contribution >= 0.6 is 0 Å². The monoisotopic (exact) mass is 428 g/mol. The Hall–Kier alpha value is -4.65. The quantitative estimate of drug-likeness (QED) is 0.434. The number of fused-ring (bicyclic) bond motifs is 1. The van der Waals surface area contributed by atoms with Gasteiger partial charge in [-0.25, -0.2) is 4.98 Å². The van der Waals surface area contributed by atoms with Gasteiger partial charge >= 0.3 is 0 Å². The fourth-order valence-electron chi connectivity index (χ4n) is 3.46. The molecular formula is C22H20N8O2. The summed E-state index contributed by atoms with van der Waals surface area (Å²) in [6.45, 7) is 1.79. The van der Waals surface area contributed by atoms with Crippen molar-refractivity contribution >= 4 is 28.5 Å². The Morgan fingerprint density at radius 2 is 1.84 bits per heavy atom. The van der Waals surface area contributed by atoms with Gasteiger partial charge in [-0.3, -0.25) is 9.36 Å². The minimum atomic E-state index is -0.571. The lowest BCUT2D eigenvalue weighted by Crippen LogP contribution is -2.27. The van der Waals surface area contributed by atoms with E-state index in [4.69, 9.17) is 21.2 Å². The van der Waals surface area contributed by atoms with Gasteiger partial charge in [0.1, 0.15) is 34.5 Å². The molecule has 4 rings (SSSR count). The summed E-state index contributed by atoms with van der Waals surface area (Å²) in [6.07, 6.45) is 0. The molecule has 4 aromatic rings. The van der Waals surface area contributed by atoms with Gasteiger partial charge in [0.15, 0.2) is 5.82 Å². The van der Waals surface area contributed by atoms with E-state index in [1.54, 1.807) is 25.1 Å². The van der Waals surface area contributed by atoms with Crippen LogP contribution in [0.2, 0.25) is 0 Å². The van der Waals surface area contributed by atoms with Crippen LogP contribution < -0.4 is 27.1 Å². The van der Waals surface area contributed by atoms with Gasteiger partial charge in [-0.05, 0) is 31.2 Å². The van der Waals surface area contributed by atoms with Crippen molar-refractivity contribution in [1.82, 2.24) is 19.5 Å². The molecule has 10 heteroatoms. The summed E-state index contributed by atoms with van der Waals surface area (Å²) in [5.74, 6) is 0.895. The van der Waals surface area contributed by atoms with Crippen molar-refractivity contribution in [3.05, 3.63) is 70.3 Å². The van der Waals surface area contributed by atoms with E-state index in [0.29, 0.717) is 28.2 Å². The summed E-state index contributed by atoms with van der Waals surface area (Å²) >= 11 is 0. The van der Waals surface area contributed by atoms with Crippen LogP contribution in [0.3, 0.4) is 0 Å². The predicted molar refractivity (Wildman–Crippen MR) is 122 cm³/mol. The number of rotatable bonds is 5. The van der Waals surface area contributed by atoms with E-state index in [0.717, 1.165) is 0 Å². The summed E-state index contributed by atoms with van der Waals surface area (Å²) in [5, 5.41) is 13.0. The fraction of sp³-hybridized carbons (Fsp3) is 0.136. The number of nitrogen functional groups attached to an aromatic ring is 2. The Labute approximate surface area is 183 Å². The Balaban J connectivity index is 1.95. The lowest BCUT2D eigenvalue weighted by molar-refractivity contribution is 0.418. The van der Waals surface area contributed by atoms with E-state index < -0.39 is 6.04 Å². The molecule has 10 nitrogen and oxygen atoms in total. The fourth-order valence-corrected chi connectivity index (χ4v) is 3.46. The first kappa shape index (κ1) is 20.6. The number of hydrogen-bond donors (Lipinski definition) is 3. The molecule has 0 fully saturated rings. The second-order valence-electron chi connectivity index (χ2n) is 6.97. The molecule has 1 atom stereocenters. The number of benzene rings is 2. The van der Waals surface area contributed by atoms with Crippen molar-refractivity contribution in [2.24, 2.45) is 0 Å². The van der Waals surface area contributed by atoms with Crippen LogP contribution in [0.25, 0.3) is 16.6 Å². The molecule has 0 bridgehead atoms. The number of nitrogens with two attached hydrogens (primary N) is 2. The van der Waals surface area contributed by atoms with Crippen LogP contribution in [0, 0.1) is 11.3 Å². The number of aromatic nitrogens is 4. The lowest BCUT2D eigenvalue weighted by atomic mass is 10.2. The molecule has 2 aromatic heterocycles. The number of hydrogen-bond acceptors (Lipinski definition) is 9. The third kappa shape index (κ3) is 3.52. The molecule has 0 radical (unpaired) electrons. The molecule has 0 saturated carbocycles. The van der Waals surface area contributed by atoms with Gasteiger partial charge in [-0.15, -0.1) is 0 Å². The third-order valence-electron chi connectivity index (χ3n) is 4.93. The molecule has 2 aromatic carbocycles. The number of nitrogens with one attached hydrogen (secondary N) is 1. The van der Waals surface area contributed by atoms with E-state index in [9.17, 15) is 10.1 Å². The molecule has 0 saturated heterocycles. The number of nitriles is 1. The largest absolute Gasteiger partial charge is 0.494 e. The predicted octanol–water partition coefficient (Wildman–Crippen LogP) is 2.39. The molecule has 5 N–H and O–H groups in total. The van der Waals surface area contributed by atoms with E-state index in [-0.39, 0.29) is 28.7 Å². The first-order valence-corrected chi connectivity index (χ1v) is 9.69. The van der Waals surface area contributed by atoms with Crippen molar-refractivity contribution in [2.45, 2.75) is 13.0 Å². The first-order chi connectivity index (χ1) is 15.4. The highest BCUT2D eigenvalue weighted by atomic mass is 16.5. The van der Waals surface area contributed by atoms with Crippen LogP contribution in [-0.4, -0.2) is 26.6 Å². The zero-order chi connectivity index (χ0) is 22.8. The summed E-state index contributed by atoms with van der Waals surface area (Å²) in [7, 11) is 1.52. The zero-order valence-electron chi connectivity index (χ0n) is 17.4. The average molecular weight is 428 g/mol. The number of nitrogens with zero attached hydrogens (tertiary/aromatic N) is 5. The number of anilines is 3. The van der Waals surface area contributed by atoms with Gasteiger partial charge in [-0.2, -0.15) is 15.2 Å². The van der Waals surface area contributed by atoms with Crippen molar-refractivity contribution < 1.29 is 4.74 Å². The standard InChI is InChI=1S/C22H20N8O2/c1-12(26-19-15(11-23)18(24)28-22(25)29-19)20-27-17-14(9-6-10-16(17)32-2)21(31)30(20)13-7-4-3-5-8-13/h3-10,12H,1-2H3,(H5,24,25,26,28,29). The molecular weight excluding hydrogens is 408 g/mol. The molecule has 0 aliphatic carbocycles. The van der Waals surface area contributed by atoms with Crippen LogP contribution in [0.5, 0.6) is 5.75 Å². The zero-order valence-corrected chi connectivity index (χ0v) is 17.4. The highest BCUT2D eigenvalue weighted by Gasteiger charge is 2.22. The minimum Gasteiger partial charge on any atom is -0.494 e. The average Bonchev–Trinajstić information content (AvgIpc) is 2.79. The normalized spacial score (nSPS) is 11.7. The molecule has 32 heavy (non-hydrogen) atoms. The van der Waals surface area contributed by atoms with Gasteiger partial charge in [0.2, 0.25) is 5.95 Å². The molecule has 0 aliphatic heterocycles. The Kier molecular flexibility index (Phi) is 5.30. The van der Waals surface area contributed by atoms with Crippen molar-refractivity contribution in [2.75, 3.05) is 23.9 Å². The topological polar surface area (TPSA) is 158 Å². The number of methoxy groups -OCH3 is 1. The van der Waals surface area contributed by atoms with Gasteiger partial charge in [0.05, 0.1) is 24.2 Å². The summed E-state index contributed by atoms with van der Waals surface area (Å²) < 4.78 is 6.93. The molecule has 2 heterocycles. The maximum Gasteiger partial charge on any atom is 0.266 e. The van der Waals surface area contributed by atoms with Crippen LogP contribution in [0.15, 0.2) is 53.3 Å². The van der Waals surface area contributed by atoms with Crippen LogP contribution in [0.1, 0.15) is 24.4 Å². The highest BCUT2D eigenvalue weighted by molar-refractivity contribution is 5.84. The molecule has 0 amide bonds. The summed E-state index contributed by atoms with van der Waals surface area (Å²) in [4.78, 5) is 26.2. The molecule has 160 valence electrons. The highest BCUT2D eigenvalue weighted by Crippen LogP contribution is 2.27. The molecule has 0 spiro atoms. The Bertz CT molecular complexity index is 1410. The van der Waals surface area contributed by atoms with Gasteiger partial charge < -0.3 is 21.5 Å². The smallest absolute Gasteiger partial charge is 0.266 e. The SMILES string of the molecule is COc1cccc2c(=O)n(-c3ccccc3)c(C(C)Nc3nc(N)nc(N)c3C#N)nc12. The second-order valence-corrected chi connectivity index (χ2v) is 6.97. The van der Waals surface area contributed by atoms with E-state index in [2.05, 4.69) is 15.3 Å². The summed E-state index contributed by atoms with van der Waals surface area (Å²) in [6, 6.07) is 15.7. The van der Waals surface area contributed by atoms with Gasteiger partial charge in [0.25, 0.3) is 5.56 Å².